The van der Waals surface area contributed by atoms with Gasteiger partial charge in [-0.2, -0.15) is 0 Å². The van der Waals surface area contributed by atoms with Crippen LogP contribution in [0.25, 0.3) is 6.08 Å². The van der Waals surface area contributed by atoms with Crippen LogP contribution in [0.1, 0.15) is 38.2 Å². The molecule has 0 spiro atoms. The van der Waals surface area contributed by atoms with Crippen LogP contribution in [0.15, 0.2) is 30.3 Å². The molecule has 4 heteroatoms. The second-order valence-corrected chi connectivity index (χ2v) is 7.51. The van der Waals surface area contributed by atoms with Crippen molar-refractivity contribution < 1.29 is 4.79 Å². The second kappa shape index (κ2) is 9.24. The maximum absolute atomic E-state index is 12.8. The van der Waals surface area contributed by atoms with E-state index in [1.165, 1.54) is 12.8 Å². The molecule has 1 aromatic rings. The Kier molecular flexibility index (Phi) is 7.32. The number of carbonyl (C=O) groups excluding carboxylic acids is 1. The van der Waals surface area contributed by atoms with Crippen LogP contribution in [-0.4, -0.2) is 48.9 Å². The molecule has 1 aliphatic rings. The van der Waals surface area contributed by atoms with Gasteiger partial charge in [-0.05, 0) is 63.4 Å². The smallest absolute Gasteiger partial charge is 0.246 e. The van der Waals surface area contributed by atoms with E-state index in [1.54, 1.807) is 6.08 Å². The predicted molar refractivity (Wildman–Crippen MR) is 102 cm³/mol. The third-order valence-corrected chi connectivity index (χ3v) is 5.15. The van der Waals surface area contributed by atoms with Gasteiger partial charge in [0.15, 0.2) is 0 Å². The molecule has 0 atom stereocenters. The minimum absolute atomic E-state index is 0.0938. The summed E-state index contributed by atoms with van der Waals surface area (Å²) >= 11 is 6.17. The summed E-state index contributed by atoms with van der Waals surface area (Å²) in [5.74, 6) is 0.877. The first-order chi connectivity index (χ1) is 11.5. The van der Waals surface area contributed by atoms with Gasteiger partial charge in [0.2, 0.25) is 5.91 Å². The molecular formula is C20H29ClN2O. The molecule has 0 saturated heterocycles. The van der Waals surface area contributed by atoms with E-state index < -0.39 is 0 Å². The van der Waals surface area contributed by atoms with Crippen LogP contribution >= 0.6 is 11.6 Å². The molecule has 0 bridgehead atoms. The maximum Gasteiger partial charge on any atom is 0.246 e. The summed E-state index contributed by atoms with van der Waals surface area (Å²) in [5.41, 5.74) is 0.886. The molecular weight excluding hydrogens is 320 g/mol. The predicted octanol–water partition coefficient (Wildman–Crippen LogP) is 4.32. The highest BCUT2D eigenvalue weighted by molar-refractivity contribution is 6.32. The lowest BCUT2D eigenvalue weighted by atomic mass is 9.86. The Morgan fingerprint density at radius 3 is 2.46 bits per heavy atom. The molecule has 0 heterocycles. The minimum Gasteiger partial charge on any atom is -0.335 e. The van der Waals surface area contributed by atoms with Gasteiger partial charge in [-0.3, -0.25) is 4.79 Å². The molecule has 1 fully saturated rings. The average molecular weight is 349 g/mol. The zero-order valence-corrected chi connectivity index (χ0v) is 15.8. The number of halogens is 1. The Hall–Kier alpha value is -1.32. The number of rotatable bonds is 6. The zero-order valence-electron chi connectivity index (χ0n) is 15.0. The second-order valence-electron chi connectivity index (χ2n) is 7.10. The molecule has 0 aliphatic heterocycles. The number of carbonyl (C=O) groups is 1. The van der Waals surface area contributed by atoms with Crippen molar-refractivity contribution in [1.82, 2.24) is 9.80 Å². The molecule has 1 amide bonds. The molecule has 0 radical (unpaired) electrons. The SMILES string of the molecule is CN(C)CCN(C(=O)C=Cc1ccccc1Cl)[C@H]1CC[C@H](C)CC1. The third kappa shape index (κ3) is 5.64. The Balaban J connectivity index is 2.07. The molecule has 2 rings (SSSR count). The largest absolute Gasteiger partial charge is 0.335 e. The molecule has 1 saturated carbocycles. The van der Waals surface area contributed by atoms with Gasteiger partial charge in [-0.25, -0.2) is 0 Å². The Labute approximate surface area is 151 Å². The van der Waals surface area contributed by atoms with Gasteiger partial charge in [0.05, 0.1) is 0 Å². The van der Waals surface area contributed by atoms with Gasteiger partial charge < -0.3 is 9.80 Å². The quantitative estimate of drug-likeness (QED) is 0.715. The van der Waals surface area contributed by atoms with Crippen LogP contribution in [-0.2, 0) is 4.79 Å². The van der Waals surface area contributed by atoms with E-state index in [0.717, 1.165) is 37.4 Å². The normalized spacial score (nSPS) is 21.4. The molecule has 3 nitrogen and oxygen atoms in total. The average Bonchev–Trinajstić information content (AvgIpc) is 2.55. The first kappa shape index (κ1) is 19.0. The summed E-state index contributed by atoms with van der Waals surface area (Å²) in [6.45, 7) is 3.97. The van der Waals surface area contributed by atoms with Gasteiger partial charge in [0, 0.05) is 30.2 Å². The fourth-order valence-electron chi connectivity index (χ4n) is 3.20. The Morgan fingerprint density at radius 2 is 1.83 bits per heavy atom. The maximum atomic E-state index is 12.8. The Bertz CT molecular complexity index is 563. The summed E-state index contributed by atoms with van der Waals surface area (Å²) in [4.78, 5) is 17.0. The van der Waals surface area contributed by atoms with Gasteiger partial charge in [0.25, 0.3) is 0 Å². The third-order valence-electron chi connectivity index (χ3n) is 4.81. The molecule has 132 valence electrons. The van der Waals surface area contributed by atoms with E-state index in [-0.39, 0.29) is 5.91 Å². The zero-order chi connectivity index (χ0) is 17.5. The highest BCUT2D eigenvalue weighted by atomic mass is 35.5. The van der Waals surface area contributed by atoms with Crippen molar-refractivity contribution in [3.63, 3.8) is 0 Å². The van der Waals surface area contributed by atoms with Gasteiger partial charge in [-0.1, -0.05) is 36.7 Å². The number of hydrogen-bond donors (Lipinski definition) is 0. The van der Waals surface area contributed by atoms with E-state index >= 15 is 0 Å². The van der Waals surface area contributed by atoms with Crippen molar-refractivity contribution in [3.05, 3.63) is 40.9 Å². The number of nitrogens with zero attached hydrogens (tertiary/aromatic N) is 2. The van der Waals surface area contributed by atoms with E-state index in [4.69, 9.17) is 11.6 Å². The van der Waals surface area contributed by atoms with E-state index in [1.807, 2.05) is 44.4 Å². The fraction of sp³-hybridized carbons (Fsp3) is 0.550. The lowest BCUT2D eigenvalue weighted by molar-refractivity contribution is -0.129. The van der Waals surface area contributed by atoms with Crippen LogP contribution in [0.4, 0.5) is 0 Å². The van der Waals surface area contributed by atoms with Crippen LogP contribution in [0, 0.1) is 5.92 Å². The monoisotopic (exact) mass is 348 g/mol. The van der Waals surface area contributed by atoms with Crippen molar-refractivity contribution in [2.75, 3.05) is 27.2 Å². The lowest BCUT2D eigenvalue weighted by Gasteiger charge is -2.36. The van der Waals surface area contributed by atoms with Gasteiger partial charge in [-0.15, -0.1) is 0 Å². The van der Waals surface area contributed by atoms with E-state index in [0.29, 0.717) is 11.1 Å². The van der Waals surface area contributed by atoms with E-state index in [9.17, 15) is 4.79 Å². The van der Waals surface area contributed by atoms with Crippen LogP contribution < -0.4 is 0 Å². The number of amides is 1. The van der Waals surface area contributed by atoms with Crippen LogP contribution in [0.3, 0.4) is 0 Å². The first-order valence-electron chi connectivity index (χ1n) is 8.85. The minimum atomic E-state index is 0.0938. The number of benzene rings is 1. The summed E-state index contributed by atoms with van der Waals surface area (Å²) < 4.78 is 0. The molecule has 1 aromatic carbocycles. The van der Waals surface area contributed by atoms with Gasteiger partial charge >= 0.3 is 0 Å². The van der Waals surface area contributed by atoms with Gasteiger partial charge in [0.1, 0.15) is 0 Å². The summed E-state index contributed by atoms with van der Waals surface area (Å²) in [5, 5.41) is 0.674. The van der Waals surface area contributed by atoms with Crippen molar-refractivity contribution >= 4 is 23.6 Å². The number of hydrogen-bond acceptors (Lipinski definition) is 2. The topological polar surface area (TPSA) is 23.6 Å². The highest BCUT2D eigenvalue weighted by Crippen LogP contribution is 2.27. The van der Waals surface area contributed by atoms with Crippen molar-refractivity contribution in [1.29, 1.82) is 0 Å². The summed E-state index contributed by atoms with van der Waals surface area (Å²) in [6, 6.07) is 7.97. The highest BCUT2D eigenvalue weighted by Gasteiger charge is 2.26. The number of likely N-dealkylation sites (N-methyl/N-ethyl adjacent to an activating group) is 1. The Morgan fingerprint density at radius 1 is 1.17 bits per heavy atom. The van der Waals surface area contributed by atoms with Crippen LogP contribution in [0.5, 0.6) is 0 Å². The van der Waals surface area contributed by atoms with Crippen LogP contribution in [0.2, 0.25) is 5.02 Å². The fourth-order valence-corrected chi connectivity index (χ4v) is 3.40. The molecule has 0 aromatic heterocycles. The van der Waals surface area contributed by atoms with Crippen molar-refractivity contribution in [3.8, 4) is 0 Å². The molecule has 0 unspecified atom stereocenters. The first-order valence-corrected chi connectivity index (χ1v) is 9.23. The summed E-state index contributed by atoms with van der Waals surface area (Å²) in [7, 11) is 4.09. The van der Waals surface area contributed by atoms with Crippen molar-refractivity contribution in [2.45, 2.75) is 38.6 Å². The standard InChI is InChI=1S/C20H29ClN2O/c1-16-8-11-18(12-9-16)23(15-14-22(2)3)20(24)13-10-17-6-4-5-7-19(17)21/h4-7,10,13,16,18H,8-9,11-12,14-15H2,1-3H3/t16-,18-. The molecule has 1 aliphatic carbocycles. The lowest BCUT2D eigenvalue weighted by Crippen LogP contribution is -2.44. The summed E-state index contributed by atoms with van der Waals surface area (Å²) in [6.07, 6.45) is 8.16. The molecule has 24 heavy (non-hydrogen) atoms. The van der Waals surface area contributed by atoms with E-state index in [2.05, 4.69) is 16.7 Å². The molecule has 0 N–H and O–H groups in total. The van der Waals surface area contributed by atoms with Crippen molar-refractivity contribution in [2.24, 2.45) is 5.92 Å².